The Bertz CT molecular complexity index is 1690. The van der Waals surface area contributed by atoms with Crippen LogP contribution in [0.25, 0.3) is 5.69 Å². The molecular formula is C24H21Cl2F2N5O6S. The SMILES string of the molecule is O=C(N[C@H]1CCN(S(=O)(=O)c2cccc(Oc3c(Cl)cc(-n4nc(C(F)F)c(=O)[nH]c4=O)cc3Cl)c2)C1)C1CC1. The average molecular weight is 616 g/mol. The Morgan fingerprint density at radius 2 is 1.82 bits per heavy atom. The van der Waals surface area contributed by atoms with E-state index < -0.39 is 33.4 Å². The molecule has 2 fully saturated rings. The molecule has 2 aliphatic rings. The lowest BCUT2D eigenvalue weighted by Crippen LogP contribution is -2.39. The Kier molecular flexibility index (Phi) is 7.70. The summed E-state index contributed by atoms with van der Waals surface area (Å²) in [4.78, 5) is 37.5. The fourth-order valence-electron chi connectivity index (χ4n) is 4.19. The minimum Gasteiger partial charge on any atom is -0.454 e. The number of benzene rings is 2. The Morgan fingerprint density at radius 3 is 2.48 bits per heavy atom. The third-order valence-electron chi connectivity index (χ3n) is 6.40. The molecule has 0 bridgehead atoms. The van der Waals surface area contributed by atoms with Crippen molar-refractivity contribution in [1.82, 2.24) is 24.4 Å². The van der Waals surface area contributed by atoms with Crippen LogP contribution in [-0.2, 0) is 14.8 Å². The molecule has 1 atom stereocenters. The number of halogens is 4. The van der Waals surface area contributed by atoms with Crippen LogP contribution in [0.5, 0.6) is 11.5 Å². The third kappa shape index (κ3) is 5.75. The lowest BCUT2D eigenvalue weighted by atomic mass is 10.2. The van der Waals surface area contributed by atoms with E-state index in [1.807, 2.05) is 0 Å². The molecule has 3 aromatic rings. The maximum Gasteiger partial charge on any atom is 0.349 e. The molecule has 1 aromatic heterocycles. The van der Waals surface area contributed by atoms with Crippen molar-refractivity contribution in [3.05, 3.63) is 73.0 Å². The van der Waals surface area contributed by atoms with Gasteiger partial charge in [-0.3, -0.25) is 14.6 Å². The Labute approximate surface area is 235 Å². The van der Waals surface area contributed by atoms with Crippen LogP contribution in [0.2, 0.25) is 10.0 Å². The molecule has 2 aromatic carbocycles. The minimum atomic E-state index is -3.91. The highest BCUT2D eigenvalue weighted by molar-refractivity contribution is 7.89. The zero-order chi connectivity index (χ0) is 28.8. The van der Waals surface area contributed by atoms with Gasteiger partial charge in [-0.25, -0.2) is 22.0 Å². The maximum absolute atomic E-state index is 13.3. The van der Waals surface area contributed by atoms with Crippen LogP contribution in [0, 0.1) is 5.92 Å². The maximum atomic E-state index is 13.3. The summed E-state index contributed by atoms with van der Waals surface area (Å²) in [5.74, 6) is -0.0433. The first-order valence-corrected chi connectivity index (χ1v) is 14.2. The van der Waals surface area contributed by atoms with Gasteiger partial charge in [-0.15, -0.1) is 0 Å². The van der Waals surface area contributed by atoms with Gasteiger partial charge in [0.15, 0.2) is 11.4 Å². The van der Waals surface area contributed by atoms with Crippen molar-refractivity contribution in [3.8, 4) is 17.2 Å². The predicted octanol–water partition coefficient (Wildman–Crippen LogP) is 3.25. The normalized spacial score (nSPS) is 17.8. The first kappa shape index (κ1) is 28.2. The predicted molar refractivity (Wildman–Crippen MR) is 140 cm³/mol. The molecular weight excluding hydrogens is 595 g/mol. The number of carbonyl (C=O) groups is 1. The largest absolute Gasteiger partial charge is 0.454 e. The summed E-state index contributed by atoms with van der Waals surface area (Å²) in [7, 11) is -3.91. The molecule has 5 rings (SSSR count). The summed E-state index contributed by atoms with van der Waals surface area (Å²) in [6.45, 7) is 0.393. The first-order valence-electron chi connectivity index (χ1n) is 12.0. The van der Waals surface area contributed by atoms with E-state index in [1.54, 1.807) is 4.98 Å². The van der Waals surface area contributed by atoms with Crippen LogP contribution >= 0.6 is 23.2 Å². The Balaban J connectivity index is 1.36. The van der Waals surface area contributed by atoms with Gasteiger partial charge in [0.1, 0.15) is 5.75 Å². The van der Waals surface area contributed by atoms with Gasteiger partial charge in [0.25, 0.3) is 12.0 Å². The molecule has 212 valence electrons. The number of hydrogen-bond donors (Lipinski definition) is 2. The van der Waals surface area contributed by atoms with Crippen molar-refractivity contribution in [2.75, 3.05) is 13.1 Å². The number of sulfonamides is 1. The monoisotopic (exact) mass is 615 g/mol. The number of hydrogen-bond acceptors (Lipinski definition) is 7. The van der Waals surface area contributed by atoms with Gasteiger partial charge in [-0.05, 0) is 43.5 Å². The molecule has 1 aliphatic heterocycles. The van der Waals surface area contributed by atoms with Crippen LogP contribution in [0.1, 0.15) is 31.4 Å². The number of ether oxygens (including phenoxy) is 1. The van der Waals surface area contributed by atoms with Crippen molar-refractivity contribution in [3.63, 3.8) is 0 Å². The van der Waals surface area contributed by atoms with Crippen LogP contribution in [0.4, 0.5) is 8.78 Å². The molecule has 40 heavy (non-hydrogen) atoms. The molecule has 1 saturated carbocycles. The molecule has 1 amide bonds. The van der Waals surface area contributed by atoms with Gasteiger partial charge in [0.2, 0.25) is 15.9 Å². The quantitative estimate of drug-likeness (QED) is 0.396. The zero-order valence-corrected chi connectivity index (χ0v) is 22.8. The zero-order valence-electron chi connectivity index (χ0n) is 20.4. The van der Waals surface area contributed by atoms with Crippen molar-refractivity contribution >= 4 is 39.1 Å². The Morgan fingerprint density at radius 1 is 1.12 bits per heavy atom. The van der Waals surface area contributed by atoms with Gasteiger partial charge in [0, 0.05) is 31.1 Å². The second kappa shape index (κ2) is 10.9. The van der Waals surface area contributed by atoms with Crippen LogP contribution in [0.3, 0.4) is 0 Å². The molecule has 11 nitrogen and oxygen atoms in total. The fourth-order valence-corrected chi connectivity index (χ4v) is 6.28. The van der Waals surface area contributed by atoms with Crippen molar-refractivity contribution in [1.29, 1.82) is 0 Å². The molecule has 1 aliphatic carbocycles. The van der Waals surface area contributed by atoms with E-state index in [9.17, 15) is 31.6 Å². The van der Waals surface area contributed by atoms with Crippen molar-refractivity contribution < 1.29 is 26.7 Å². The molecule has 2 heterocycles. The van der Waals surface area contributed by atoms with Crippen LogP contribution in [-0.4, -0.2) is 52.5 Å². The fraction of sp³-hybridized carbons (Fsp3) is 0.333. The van der Waals surface area contributed by atoms with Gasteiger partial charge in [-0.1, -0.05) is 29.3 Å². The summed E-state index contributed by atoms with van der Waals surface area (Å²) in [6.07, 6.45) is -1.03. The number of carbonyl (C=O) groups excluding carboxylic acids is 1. The smallest absolute Gasteiger partial charge is 0.349 e. The van der Waals surface area contributed by atoms with Crippen LogP contribution in [0.15, 0.2) is 50.9 Å². The summed E-state index contributed by atoms with van der Waals surface area (Å²) >= 11 is 12.6. The minimum absolute atomic E-state index is 0.0243. The Hall–Kier alpha value is -3.33. The second-order valence-electron chi connectivity index (χ2n) is 9.30. The number of alkyl halides is 2. The standard InChI is InChI=1S/C24H21Cl2F2N5O6S/c25-17-8-14(33-24(36)30-23(35)19(31-33)21(27)28)9-18(26)20(17)39-15-2-1-3-16(10-15)40(37,38)32-7-6-13(11-32)29-22(34)12-4-5-12/h1-3,8-10,12-13,21H,4-7,11H2,(H,29,34)(H,30,35,36)/t13-/m0/s1. The number of aromatic amines is 1. The lowest BCUT2D eigenvalue weighted by molar-refractivity contribution is -0.122. The number of amides is 1. The van der Waals surface area contributed by atoms with E-state index in [2.05, 4.69) is 10.4 Å². The molecule has 1 saturated heterocycles. The third-order valence-corrected chi connectivity index (χ3v) is 8.82. The van der Waals surface area contributed by atoms with Gasteiger partial charge in [0.05, 0.1) is 20.6 Å². The van der Waals surface area contributed by atoms with E-state index in [-0.39, 0.29) is 63.1 Å². The second-order valence-corrected chi connectivity index (χ2v) is 12.1. The number of nitrogens with zero attached hydrogens (tertiary/aromatic N) is 3. The number of nitrogens with one attached hydrogen (secondary N) is 2. The highest BCUT2D eigenvalue weighted by Crippen LogP contribution is 2.39. The van der Waals surface area contributed by atoms with E-state index >= 15 is 0 Å². The summed E-state index contributed by atoms with van der Waals surface area (Å²) < 4.78 is 60.3. The topological polar surface area (TPSA) is 143 Å². The van der Waals surface area contributed by atoms with Gasteiger partial charge < -0.3 is 10.1 Å². The highest BCUT2D eigenvalue weighted by Gasteiger charge is 2.36. The number of rotatable bonds is 8. The van der Waals surface area contributed by atoms with Gasteiger partial charge >= 0.3 is 5.69 Å². The van der Waals surface area contributed by atoms with Crippen LogP contribution < -0.4 is 21.3 Å². The number of H-pyrrole nitrogens is 1. The van der Waals surface area contributed by atoms with E-state index in [1.165, 1.54) is 28.6 Å². The van der Waals surface area contributed by atoms with Gasteiger partial charge in [-0.2, -0.15) is 14.1 Å². The summed E-state index contributed by atoms with van der Waals surface area (Å²) in [5.41, 5.74) is -3.71. The molecule has 0 radical (unpaired) electrons. The number of aromatic nitrogens is 3. The van der Waals surface area contributed by atoms with E-state index in [0.717, 1.165) is 25.0 Å². The van der Waals surface area contributed by atoms with E-state index in [0.29, 0.717) is 11.1 Å². The van der Waals surface area contributed by atoms with Crippen molar-refractivity contribution in [2.24, 2.45) is 5.92 Å². The molecule has 2 N–H and O–H groups in total. The highest BCUT2D eigenvalue weighted by atomic mass is 35.5. The molecule has 0 spiro atoms. The van der Waals surface area contributed by atoms with Crippen molar-refractivity contribution in [2.45, 2.75) is 36.6 Å². The average Bonchev–Trinajstić information content (AvgIpc) is 3.64. The molecule has 16 heteroatoms. The summed E-state index contributed by atoms with van der Waals surface area (Å²) in [5, 5.41) is 6.01. The summed E-state index contributed by atoms with van der Waals surface area (Å²) in [6, 6.07) is 7.69. The first-order chi connectivity index (χ1) is 18.9. The molecule has 0 unspecified atom stereocenters. The van der Waals surface area contributed by atoms with E-state index in [4.69, 9.17) is 27.9 Å². The lowest BCUT2D eigenvalue weighted by Gasteiger charge is -2.18.